The number of anilines is 1. The maximum Gasteiger partial charge on any atom is 0.127 e. The van der Waals surface area contributed by atoms with Crippen LogP contribution in [0.1, 0.15) is 17.5 Å². The van der Waals surface area contributed by atoms with Crippen molar-refractivity contribution in [3.8, 4) is 0 Å². The van der Waals surface area contributed by atoms with E-state index >= 15 is 0 Å². The third kappa shape index (κ3) is 4.35. The van der Waals surface area contributed by atoms with Gasteiger partial charge in [-0.05, 0) is 50.2 Å². The SMILES string of the molecule is CN(CCCc1ccc(N)cc1)Cc1ccccc1F. The van der Waals surface area contributed by atoms with Crippen molar-refractivity contribution in [2.75, 3.05) is 19.3 Å². The van der Waals surface area contributed by atoms with Crippen molar-refractivity contribution in [3.63, 3.8) is 0 Å². The van der Waals surface area contributed by atoms with E-state index in [1.165, 1.54) is 11.6 Å². The molecule has 2 nitrogen and oxygen atoms in total. The number of nitrogens with zero attached hydrogens (tertiary/aromatic N) is 1. The number of nitrogens with two attached hydrogens (primary N) is 1. The van der Waals surface area contributed by atoms with E-state index < -0.39 is 0 Å². The van der Waals surface area contributed by atoms with Crippen molar-refractivity contribution in [1.29, 1.82) is 0 Å². The van der Waals surface area contributed by atoms with Gasteiger partial charge in [0, 0.05) is 17.8 Å². The quantitative estimate of drug-likeness (QED) is 0.816. The molecule has 0 aliphatic rings. The first kappa shape index (κ1) is 14.5. The van der Waals surface area contributed by atoms with Crippen LogP contribution in [0, 0.1) is 5.82 Å². The van der Waals surface area contributed by atoms with E-state index in [1.807, 2.05) is 31.3 Å². The van der Waals surface area contributed by atoms with Crippen LogP contribution in [0.3, 0.4) is 0 Å². The molecule has 0 spiro atoms. The van der Waals surface area contributed by atoms with Gasteiger partial charge in [-0.2, -0.15) is 0 Å². The van der Waals surface area contributed by atoms with Crippen LogP contribution in [0.4, 0.5) is 10.1 Å². The molecule has 106 valence electrons. The van der Waals surface area contributed by atoms with E-state index in [1.54, 1.807) is 6.07 Å². The average molecular weight is 272 g/mol. The molecular formula is C17H21FN2. The van der Waals surface area contributed by atoms with Gasteiger partial charge < -0.3 is 10.6 Å². The molecule has 3 heteroatoms. The van der Waals surface area contributed by atoms with E-state index in [9.17, 15) is 4.39 Å². The number of benzene rings is 2. The normalized spacial score (nSPS) is 10.9. The highest BCUT2D eigenvalue weighted by Gasteiger charge is 2.04. The summed E-state index contributed by atoms with van der Waals surface area (Å²) in [5.74, 6) is -0.127. The Morgan fingerprint density at radius 2 is 1.75 bits per heavy atom. The molecule has 0 aliphatic carbocycles. The lowest BCUT2D eigenvalue weighted by Gasteiger charge is -2.17. The van der Waals surface area contributed by atoms with Crippen LogP contribution in [0.15, 0.2) is 48.5 Å². The third-order valence-corrected chi connectivity index (χ3v) is 3.38. The molecule has 0 atom stereocenters. The second-order valence-corrected chi connectivity index (χ2v) is 5.17. The van der Waals surface area contributed by atoms with Crippen LogP contribution in [0.2, 0.25) is 0 Å². The predicted octanol–water partition coefficient (Wildman–Crippen LogP) is 3.47. The summed E-state index contributed by atoms with van der Waals surface area (Å²) in [7, 11) is 2.02. The van der Waals surface area contributed by atoms with E-state index in [0.29, 0.717) is 6.54 Å². The Bertz CT molecular complexity index is 537. The van der Waals surface area contributed by atoms with Crippen LogP contribution < -0.4 is 5.73 Å². The first-order valence-corrected chi connectivity index (χ1v) is 6.91. The number of halogens is 1. The van der Waals surface area contributed by atoms with E-state index in [2.05, 4.69) is 17.0 Å². The maximum atomic E-state index is 13.5. The summed E-state index contributed by atoms with van der Waals surface area (Å²) >= 11 is 0. The highest BCUT2D eigenvalue weighted by molar-refractivity contribution is 5.39. The summed E-state index contributed by atoms with van der Waals surface area (Å²) in [6.07, 6.45) is 2.07. The van der Waals surface area contributed by atoms with Gasteiger partial charge in [-0.1, -0.05) is 30.3 Å². The number of rotatable bonds is 6. The van der Waals surface area contributed by atoms with Gasteiger partial charge in [0.2, 0.25) is 0 Å². The second kappa shape index (κ2) is 7.06. The molecular weight excluding hydrogens is 251 g/mol. The van der Waals surface area contributed by atoms with Gasteiger partial charge in [0.25, 0.3) is 0 Å². The number of hydrogen-bond donors (Lipinski definition) is 1. The van der Waals surface area contributed by atoms with Gasteiger partial charge in [-0.25, -0.2) is 4.39 Å². The zero-order chi connectivity index (χ0) is 14.4. The fraction of sp³-hybridized carbons (Fsp3) is 0.294. The Morgan fingerprint density at radius 3 is 2.45 bits per heavy atom. The molecule has 20 heavy (non-hydrogen) atoms. The lowest BCUT2D eigenvalue weighted by atomic mass is 10.1. The summed E-state index contributed by atoms with van der Waals surface area (Å²) in [6.45, 7) is 1.59. The average Bonchev–Trinajstić information content (AvgIpc) is 2.44. The van der Waals surface area contributed by atoms with Crippen LogP contribution in [0.25, 0.3) is 0 Å². The zero-order valence-corrected chi connectivity index (χ0v) is 11.8. The van der Waals surface area contributed by atoms with Gasteiger partial charge in [0.15, 0.2) is 0 Å². The summed E-state index contributed by atoms with van der Waals surface area (Å²) < 4.78 is 13.5. The molecule has 0 fully saturated rings. The standard InChI is InChI=1S/C17H21FN2/c1-20(13-15-6-2-3-7-17(15)18)12-4-5-14-8-10-16(19)11-9-14/h2-3,6-11H,4-5,12-13,19H2,1H3. The molecule has 2 aromatic carbocycles. The summed E-state index contributed by atoms with van der Waals surface area (Å²) in [5.41, 5.74) is 8.50. The lowest BCUT2D eigenvalue weighted by molar-refractivity contribution is 0.317. The maximum absolute atomic E-state index is 13.5. The topological polar surface area (TPSA) is 29.3 Å². The molecule has 0 radical (unpaired) electrons. The van der Waals surface area contributed by atoms with E-state index in [0.717, 1.165) is 30.6 Å². The molecule has 0 amide bonds. The van der Waals surface area contributed by atoms with Crippen molar-refractivity contribution in [3.05, 3.63) is 65.5 Å². The summed E-state index contributed by atoms with van der Waals surface area (Å²) in [5, 5.41) is 0. The number of aryl methyl sites for hydroxylation is 1. The highest BCUT2D eigenvalue weighted by atomic mass is 19.1. The van der Waals surface area contributed by atoms with Crippen LogP contribution in [-0.2, 0) is 13.0 Å². The fourth-order valence-corrected chi connectivity index (χ4v) is 2.23. The van der Waals surface area contributed by atoms with Crippen molar-refractivity contribution in [2.24, 2.45) is 0 Å². The highest BCUT2D eigenvalue weighted by Crippen LogP contribution is 2.11. The monoisotopic (exact) mass is 272 g/mol. The minimum absolute atomic E-state index is 0.127. The number of nitrogen functional groups attached to an aromatic ring is 1. The molecule has 0 aliphatic heterocycles. The molecule has 2 rings (SSSR count). The third-order valence-electron chi connectivity index (χ3n) is 3.38. The fourth-order valence-electron chi connectivity index (χ4n) is 2.23. The van der Waals surface area contributed by atoms with Gasteiger partial charge >= 0.3 is 0 Å². The van der Waals surface area contributed by atoms with E-state index in [4.69, 9.17) is 5.73 Å². The summed E-state index contributed by atoms with van der Waals surface area (Å²) in [4.78, 5) is 2.15. The smallest absolute Gasteiger partial charge is 0.127 e. The molecule has 0 heterocycles. The Labute approximate surface area is 120 Å². The largest absolute Gasteiger partial charge is 0.399 e. The van der Waals surface area contributed by atoms with Crippen molar-refractivity contribution < 1.29 is 4.39 Å². The van der Waals surface area contributed by atoms with Crippen LogP contribution in [0.5, 0.6) is 0 Å². The molecule has 2 N–H and O–H groups in total. The van der Waals surface area contributed by atoms with Gasteiger partial charge in [0.05, 0.1) is 0 Å². The molecule has 0 aromatic heterocycles. The molecule has 0 unspecified atom stereocenters. The van der Waals surface area contributed by atoms with E-state index in [-0.39, 0.29) is 5.82 Å². The Kier molecular flexibility index (Phi) is 5.13. The zero-order valence-electron chi connectivity index (χ0n) is 11.8. The second-order valence-electron chi connectivity index (χ2n) is 5.17. The van der Waals surface area contributed by atoms with Crippen LogP contribution in [-0.4, -0.2) is 18.5 Å². The van der Waals surface area contributed by atoms with Crippen molar-refractivity contribution >= 4 is 5.69 Å². The minimum atomic E-state index is -0.127. The summed E-state index contributed by atoms with van der Waals surface area (Å²) in [6, 6.07) is 14.9. The van der Waals surface area contributed by atoms with Crippen molar-refractivity contribution in [1.82, 2.24) is 4.90 Å². The molecule has 0 saturated heterocycles. The number of hydrogen-bond acceptors (Lipinski definition) is 2. The molecule has 0 saturated carbocycles. The lowest BCUT2D eigenvalue weighted by Crippen LogP contribution is -2.20. The van der Waals surface area contributed by atoms with Crippen molar-refractivity contribution in [2.45, 2.75) is 19.4 Å². The Morgan fingerprint density at radius 1 is 1.05 bits per heavy atom. The van der Waals surface area contributed by atoms with Gasteiger partial charge in [-0.15, -0.1) is 0 Å². The minimum Gasteiger partial charge on any atom is -0.399 e. The Hall–Kier alpha value is -1.87. The Balaban J connectivity index is 1.76. The first-order chi connectivity index (χ1) is 9.65. The van der Waals surface area contributed by atoms with Gasteiger partial charge in [0.1, 0.15) is 5.82 Å². The predicted molar refractivity (Wildman–Crippen MR) is 81.9 cm³/mol. The molecule has 0 bridgehead atoms. The first-order valence-electron chi connectivity index (χ1n) is 6.91. The molecule has 2 aromatic rings. The van der Waals surface area contributed by atoms with Gasteiger partial charge in [-0.3, -0.25) is 0 Å². The van der Waals surface area contributed by atoms with Crippen LogP contribution >= 0.6 is 0 Å².